The summed E-state index contributed by atoms with van der Waals surface area (Å²) in [6, 6.07) is 14.4. The quantitative estimate of drug-likeness (QED) is 0.181. The second kappa shape index (κ2) is 13.1. The standard InChI is InChI=1S/C25H28N6O6S/c1-14(32)27-23-29-19(20(38-23)13-16-3-8-17(9-4-16)21(33)26-2)12-7-15-5-10-18(11-6-15)28-22(30-24(34)35)31-25(36)37/h3-6,8-11,22,28,30-31H,7,12-13H2,1-2H3,(H,26,33)(H,34,35)(H,36,37)(H,27,29,32). The first-order valence-electron chi connectivity index (χ1n) is 11.5. The molecule has 38 heavy (non-hydrogen) atoms. The van der Waals surface area contributed by atoms with Gasteiger partial charge < -0.3 is 26.2 Å². The molecule has 7 N–H and O–H groups in total. The molecular formula is C25H28N6O6S. The number of carboxylic acid groups (broad SMARTS) is 2. The lowest BCUT2D eigenvalue weighted by Crippen LogP contribution is -2.52. The first kappa shape index (κ1) is 27.9. The third kappa shape index (κ3) is 8.48. The van der Waals surface area contributed by atoms with E-state index in [0.717, 1.165) is 21.7 Å². The molecular weight excluding hydrogens is 512 g/mol. The minimum absolute atomic E-state index is 0.156. The predicted octanol–water partition coefficient (Wildman–Crippen LogP) is 3.07. The minimum Gasteiger partial charge on any atom is -0.465 e. The van der Waals surface area contributed by atoms with Crippen LogP contribution in [0.25, 0.3) is 0 Å². The first-order valence-corrected chi connectivity index (χ1v) is 12.4. The number of aryl methyl sites for hydroxylation is 2. The van der Waals surface area contributed by atoms with Crippen molar-refractivity contribution in [2.75, 3.05) is 17.7 Å². The van der Waals surface area contributed by atoms with Gasteiger partial charge in [-0.3, -0.25) is 20.2 Å². The summed E-state index contributed by atoms with van der Waals surface area (Å²) in [5.41, 5.74) is 3.93. The average molecular weight is 541 g/mol. The molecule has 3 aromatic rings. The third-order valence-corrected chi connectivity index (χ3v) is 6.33. The SMILES string of the molecule is CNC(=O)c1ccc(Cc2sc(NC(C)=O)nc2CCc2ccc(NC(NC(=O)O)NC(=O)O)cc2)cc1. The van der Waals surface area contributed by atoms with E-state index in [4.69, 9.17) is 10.2 Å². The maximum atomic E-state index is 11.8. The molecule has 1 heterocycles. The molecule has 13 heteroatoms. The molecule has 1 aromatic heterocycles. The van der Waals surface area contributed by atoms with Gasteiger partial charge in [-0.05, 0) is 48.2 Å². The van der Waals surface area contributed by atoms with Crippen LogP contribution in [0.4, 0.5) is 20.4 Å². The monoisotopic (exact) mass is 540 g/mol. The Morgan fingerprint density at radius 1 is 0.895 bits per heavy atom. The Hall–Kier alpha value is -4.65. The Morgan fingerprint density at radius 3 is 2.05 bits per heavy atom. The van der Waals surface area contributed by atoms with E-state index < -0.39 is 18.5 Å². The second-order valence-electron chi connectivity index (χ2n) is 8.20. The number of amides is 4. The van der Waals surface area contributed by atoms with Crippen LogP contribution < -0.4 is 26.6 Å². The molecule has 0 aliphatic carbocycles. The van der Waals surface area contributed by atoms with Gasteiger partial charge in [0, 0.05) is 36.5 Å². The number of rotatable bonds is 11. The van der Waals surface area contributed by atoms with Crippen molar-refractivity contribution in [1.29, 1.82) is 0 Å². The van der Waals surface area contributed by atoms with E-state index >= 15 is 0 Å². The number of carbonyl (C=O) groups excluding carboxylic acids is 2. The summed E-state index contributed by atoms with van der Waals surface area (Å²) in [5.74, 6) is -0.362. The molecule has 0 saturated heterocycles. The van der Waals surface area contributed by atoms with Crippen molar-refractivity contribution in [2.24, 2.45) is 0 Å². The average Bonchev–Trinajstić information content (AvgIpc) is 3.22. The smallest absolute Gasteiger partial charge is 0.407 e. The fourth-order valence-electron chi connectivity index (χ4n) is 3.58. The van der Waals surface area contributed by atoms with E-state index in [9.17, 15) is 19.2 Å². The molecule has 0 fully saturated rings. The number of hydrogen-bond donors (Lipinski definition) is 7. The molecule has 12 nitrogen and oxygen atoms in total. The Kier molecular flexibility index (Phi) is 9.60. The maximum Gasteiger partial charge on any atom is 0.407 e. The summed E-state index contributed by atoms with van der Waals surface area (Å²) >= 11 is 1.41. The van der Waals surface area contributed by atoms with E-state index in [1.54, 1.807) is 31.3 Å². The number of aromatic nitrogens is 1. The Bertz CT molecular complexity index is 1280. The summed E-state index contributed by atoms with van der Waals surface area (Å²) in [4.78, 5) is 50.8. The van der Waals surface area contributed by atoms with Crippen LogP contribution in [0.15, 0.2) is 48.5 Å². The van der Waals surface area contributed by atoms with Crippen LogP contribution in [0.2, 0.25) is 0 Å². The molecule has 4 amide bonds. The van der Waals surface area contributed by atoms with Crippen molar-refractivity contribution in [3.63, 3.8) is 0 Å². The van der Waals surface area contributed by atoms with Crippen molar-refractivity contribution in [3.8, 4) is 0 Å². The fourth-order valence-corrected chi connectivity index (χ4v) is 4.67. The predicted molar refractivity (Wildman–Crippen MR) is 143 cm³/mol. The van der Waals surface area contributed by atoms with Gasteiger partial charge in [0.25, 0.3) is 5.91 Å². The Balaban J connectivity index is 1.69. The van der Waals surface area contributed by atoms with E-state index in [1.165, 1.54) is 18.3 Å². The van der Waals surface area contributed by atoms with Crippen LogP contribution >= 0.6 is 11.3 Å². The zero-order chi connectivity index (χ0) is 27.7. The van der Waals surface area contributed by atoms with Crippen LogP contribution in [0, 0.1) is 0 Å². The molecule has 0 bridgehead atoms. The zero-order valence-electron chi connectivity index (χ0n) is 20.7. The summed E-state index contributed by atoms with van der Waals surface area (Å²) in [7, 11) is 1.58. The molecule has 0 aliphatic rings. The highest BCUT2D eigenvalue weighted by Gasteiger charge is 2.15. The Labute approximate surface area is 222 Å². The van der Waals surface area contributed by atoms with Crippen molar-refractivity contribution in [2.45, 2.75) is 32.5 Å². The van der Waals surface area contributed by atoms with Crippen LogP contribution in [0.5, 0.6) is 0 Å². The van der Waals surface area contributed by atoms with Gasteiger partial charge in [0.15, 0.2) is 11.4 Å². The highest BCUT2D eigenvalue weighted by Crippen LogP contribution is 2.27. The van der Waals surface area contributed by atoms with Gasteiger partial charge in [-0.2, -0.15) is 0 Å². The lowest BCUT2D eigenvalue weighted by atomic mass is 10.0. The van der Waals surface area contributed by atoms with Crippen molar-refractivity contribution in [3.05, 3.63) is 75.8 Å². The van der Waals surface area contributed by atoms with E-state index in [0.29, 0.717) is 35.6 Å². The normalized spacial score (nSPS) is 10.5. The van der Waals surface area contributed by atoms with Crippen molar-refractivity contribution < 1.29 is 29.4 Å². The summed E-state index contributed by atoms with van der Waals surface area (Å²) < 4.78 is 0. The summed E-state index contributed by atoms with van der Waals surface area (Å²) in [5, 5.41) is 30.4. The number of benzene rings is 2. The van der Waals surface area contributed by atoms with Gasteiger partial charge in [0.2, 0.25) is 5.91 Å². The topological polar surface area (TPSA) is 182 Å². The van der Waals surface area contributed by atoms with E-state index in [2.05, 4.69) is 20.9 Å². The molecule has 0 aliphatic heterocycles. The van der Waals surface area contributed by atoms with Gasteiger partial charge >= 0.3 is 12.2 Å². The van der Waals surface area contributed by atoms with Gasteiger partial charge in [-0.1, -0.05) is 24.3 Å². The first-order chi connectivity index (χ1) is 18.1. The highest BCUT2D eigenvalue weighted by atomic mass is 32.1. The van der Waals surface area contributed by atoms with Crippen LogP contribution in [0.1, 0.15) is 39.0 Å². The van der Waals surface area contributed by atoms with Crippen LogP contribution in [-0.4, -0.2) is 52.5 Å². The summed E-state index contributed by atoms with van der Waals surface area (Å²) in [6.07, 6.45) is -2.13. The van der Waals surface area contributed by atoms with Gasteiger partial charge in [0.05, 0.1) is 5.69 Å². The van der Waals surface area contributed by atoms with Crippen molar-refractivity contribution >= 4 is 46.2 Å². The molecule has 0 saturated carbocycles. The summed E-state index contributed by atoms with van der Waals surface area (Å²) in [6.45, 7) is 1.43. The third-order valence-electron chi connectivity index (χ3n) is 5.32. The molecule has 0 atom stereocenters. The number of hydrogen-bond acceptors (Lipinski definition) is 7. The van der Waals surface area contributed by atoms with E-state index in [-0.39, 0.29) is 11.8 Å². The van der Waals surface area contributed by atoms with Gasteiger partial charge in [0.1, 0.15) is 0 Å². The van der Waals surface area contributed by atoms with Crippen LogP contribution in [0.3, 0.4) is 0 Å². The van der Waals surface area contributed by atoms with E-state index in [1.807, 2.05) is 34.9 Å². The molecule has 0 spiro atoms. The maximum absolute atomic E-state index is 11.8. The number of nitrogens with zero attached hydrogens (tertiary/aromatic N) is 1. The minimum atomic E-state index is -1.38. The van der Waals surface area contributed by atoms with Gasteiger partial charge in [-0.25, -0.2) is 14.6 Å². The molecule has 3 rings (SSSR count). The highest BCUT2D eigenvalue weighted by molar-refractivity contribution is 7.15. The number of nitrogens with one attached hydrogen (secondary N) is 5. The second-order valence-corrected chi connectivity index (χ2v) is 9.28. The Morgan fingerprint density at radius 2 is 1.50 bits per heavy atom. The lowest BCUT2D eigenvalue weighted by molar-refractivity contribution is -0.114. The number of anilines is 2. The van der Waals surface area contributed by atoms with Gasteiger partial charge in [-0.15, -0.1) is 11.3 Å². The molecule has 0 radical (unpaired) electrons. The molecule has 200 valence electrons. The largest absolute Gasteiger partial charge is 0.465 e. The van der Waals surface area contributed by atoms with Crippen molar-refractivity contribution in [1.82, 2.24) is 20.9 Å². The fraction of sp³-hybridized carbons (Fsp3) is 0.240. The molecule has 0 unspecified atom stereocenters. The number of thiazole rings is 1. The number of carbonyl (C=O) groups is 4. The molecule has 2 aromatic carbocycles. The zero-order valence-corrected chi connectivity index (χ0v) is 21.5. The van der Waals surface area contributed by atoms with Crippen LogP contribution in [-0.2, 0) is 24.1 Å². The lowest BCUT2D eigenvalue weighted by Gasteiger charge is -2.19.